The first-order chi connectivity index (χ1) is 14.0. The van der Waals surface area contributed by atoms with Crippen LogP contribution >= 0.6 is 0 Å². The first-order valence-corrected chi connectivity index (χ1v) is 10.5. The Hall–Kier alpha value is -2.01. The van der Waals surface area contributed by atoms with Gasteiger partial charge in [-0.2, -0.15) is 0 Å². The number of ether oxygens (including phenoxy) is 2. The summed E-state index contributed by atoms with van der Waals surface area (Å²) < 4.78 is 53.9. The monoisotopic (exact) mass is 406 g/mol. The van der Waals surface area contributed by atoms with Gasteiger partial charge in [0.25, 0.3) is 0 Å². The second-order valence-corrected chi connectivity index (χ2v) is 7.66. The highest BCUT2D eigenvalue weighted by molar-refractivity contribution is 5.31. The van der Waals surface area contributed by atoms with E-state index >= 15 is 0 Å². The third kappa shape index (κ3) is 5.33. The Bertz CT molecular complexity index is 814. The maximum atomic E-state index is 14.4. The van der Waals surface area contributed by atoms with Gasteiger partial charge in [-0.1, -0.05) is 31.5 Å². The number of rotatable bonds is 8. The zero-order valence-electron chi connectivity index (χ0n) is 17.1. The average Bonchev–Trinajstić information content (AvgIpc) is 2.72. The molecule has 0 amide bonds. The van der Waals surface area contributed by atoms with Gasteiger partial charge in [-0.3, -0.25) is 0 Å². The topological polar surface area (TPSA) is 18.5 Å². The van der Waals surface area contributed by atoms with Crippen LogP contribution in [0.15, 0.2) is 30.3 Å². The summed E-state index contributed by atoms with van der Waals surface area (Å²) in [6, 6.07) is 8.32. The van der Waals surface area contributed by atoms with E-state index in [9.17, 15) is 13.2 Å². The molecule has 0 atom stereocenters. The molecule has 0 spiro atoms. The Balaban J connectivity index is 1.53. The smallest absolute Gasteiger partial charge is 0.164 e. The summed E-state index contributed by atoms with van der Waals surface area (Å²) in [7, 11) is 0. The van der Waals surface area contributed by atoms with Crippen molar-refractivity contribution in [1.82, 2.24) is 0 Å². The molecule has 3 rings (SSSR count). The van der Waals surface area contributed by atoms with E-state index in [-0.39, 0.29) is 30.0 Å². The lowest BCUT2D eigenvalue weighted by molar-refractivity contribution is 0.0116. The average molecular weight is 406 g/mol. The van der Waals surface area contributed by atoms with Gasteiger partial charge < -0.3 is 9.47 Å². The van der Waals surface area contributed by atoms with Gasteiger partial charge in [0.2, 0.25) is 0 Å². The Labute approximate surface area is 171 Å². The van der Waals surface area contributed by atoms with Gasteiger partial charge in [0, 0.05) is 11.6 Å². The zero-order valence-corrected chi connectivity index (χ0v) is 17.1. The minimum atomic E-state index is -0.805. The second-order valence-electron chi connectivity index (χ2n) is 7.66. The molecule has 2 aromatic carbocycles. The van der Waals surface area contributed by atoms with E-state index in [1.807, 2.05) is 26.0 Å². The number of halogens is 3. The van der Waals surface area contributed by atoms with Crippen LogP contribution in [0.2, 0.25) is 0 Å². The van der Waals surface area contributed by atoms with Crippen molar-refractivity contribution >= 4 is 0 Å². The number of hydrogen-bond acceptors (Lipinski definition) is 2. The van der Waals surface area contributed by atoms with E-state index < -0.39 is 11.6 Å². The molecule has 0 aliphatic heterocycles. The molecule has 1 aliphatic rings. The third-order valence-corrected chi connectivity index (χ3v) is 5.63. The van der Waals surface area contributed by atoms with E-state index in [2.05, 4.69) is 0 Å². The van der Waals surface area contributed by atoms with E-state index in [0.29, 0.717) is 29.9 Å². The number of aryl methyl sites for hydroxylation is 1. The van der Waals surface area contributed by atoms with Gasteiger partial charge in [0.1, 0.15) is 11.6 Å². The molecule has 0 N–H and O–H groups in total. The summed E-state index contributed by atoms with van der Waals surface area (Å²) in [4.78, 5) is 0. The fraction of sp³-hybridized carbons (Fsp3) is 0.500. The molecule has 0 heterocycles. The highest BCUT2D eigenvalue weighted by atomic mass is 19.2. The molecule has 2 nitrogen and oxygen atoms in total. The largest absolute Gasteiger partial charge is 0.494 e. The lowest BCUT2D eigenvalue weighted by atomic mass is 9.82. The minimum Gasteiger partial charge on any atom is -0.494 e. The quantitative estimate of drug-likeness (QED) is 0.486. The maximum Gasteiger partial charge on any atom is 0.164 e. The first kappa shape index (κ1) is 21.7. The fourth-order valence-electron chi connectivity index (χ4n) is 4.05. The molecule has 2 aromatic rings. The highest BCUT2D eigenvalue weighted by Crippen LogP contribution is 2.36. The van der Waals surface area contributed by atoms with E-state index in [1.54, 1.807) is 12.1 Å². The molecule has 1 fully saturated rings. The van der Waals surface area contributed by atoms with Gasteiger partial charge in [-0.25, -0.2) is 13.2 Å². The molecule has 0 radical (unpaired) electrons. The van der Waals surface area contributed by atoms with Crippen LogP contribution in [0.4, 0.5) is 13.2 Å². The van der Waals surface area contributed by atoms with Crippen molar-refractivity contribution in [3.05, 3.63) is 64.5 Å². The van der Waals surface area contributed by atoms with Crippen molar-refractivity contribution in [2.75, 3.05) is 6.61 Å². The molecule has 5 heteroatoms. The van der Waals surface area contributed by atoms with Crippen LogP contribution in [0.25, 0.3) is 0 Å². The van der Waals surface area contributed by atoms with Crippen LogP contribution in [0.5, 0.6) is 5.75 Å². The minimum absolute atomic E-state index is 0.0187. The van der Waals surface area contributed by atoms with Gasteiger partial charge in [-0.05, 0) is 62.1 Å². The van der Waals surface area contributed by atoms with Crippen LogP contribution < -0.4 is 4.74 Å². The fourth-order valence-corrected chi connectivity index (χ4v) is 4.05. The molecule has 158 valence electrons. The van der Waals surface area contributed by atoms with Crippen molar-refractivity contribution in [2.24, 2.45) is 0 Å². The van der Waals surface area contributed by atoms with Crippen LogP contribution in [-0.4, -0.2) is 12.7 Å². The second kappa shape index (κ2) is 10.1. The number of benzene rings is 2. The maximum absolute atomic E-state index is 14.4. The van der Waals surface area contributed by atoms with Gasteiger partial charge >= 0.3 is 0 Å². The van der Waals surface area contributed by atoms with Crippen molar-refractivity contribution < 1.29 is 22.6 Å². The molecule has 0 unspecified atom stereocenters. The molecule has 1 aliphatic carbocycles. The summed E-state index contributed by atoms with van der Waals surface area (Å²) in [5, 5.41) is 0. The lowest BCUT2D eigenvalue weighted by Crippen LogP contribution is -2.21. The third-order valence-electron chi connectivity index (χ3n) is 5.63. The Morgan fingerprint density at radius 2 is 1.59 bits per heavy atom. The van der Waals surface area contributed by atoms with E-state index in [1.165, 1.54) is 6.07 Å². The van der Waals surface area contributed by atoms with Crippen molar-refractivity contribution in [1.29, 1.82) is 0 Å². The van der Waals surface area contributed by atoms with Gasteiger partial charge in [0.15, 0.2) is 11.6 Å². The Kier molecular flexibility index (Phi) is 7.59. The summed E-state index contributed by atoms with van der Waals surface area (Å²) in [5.41, 5.74) is 1.38. The summed E-state index contributed by atoms with van der Waals surface area (Å²) >= 11 is 0. The normalized spacial score (nSPS) is 19.3. The van der Waals surface area contributed by atoms with Crippen LogP contribution in [0.3, 0.4) is 0 Å². The summed E-state index contributed by atoms with van der Waals surface area (Å²) in [5.74, 6) is -1.10. The SMILES string of the molecule is CCCc1ccc(COC2CCC(c3ccc(OCC)cc3F)CC2)c(F)c1F. The van der Waals surface area contributed by atoms with Crippen LogP contribution in [0.1, 0.15) is 68.6 Å². The van der Waals surface area contributed by atoms with Gasteiger partial charge in [0.05, 0.1) is 19.3 Å². The van der Waals surface area contributed by atoms with Crippen molar-refractivity contribution in [2.45, 2.75) is 71.0 Å². The van der Waals surface area contributed by atoms with Gasteiger partial charge in [-0.15, -0.1) is 0 Å². The predicted octanol–water partition coefficient (Wildman–Crippen LogP) is 6.70. The molecule has 0 saturated heterocycles. The number of hydrogen-bond donors (Lipinski definition) is 0. The summed E-state index contributed by atoms with van der Waals surface area (Å²) in [6.07, 6.45) is 4.43. The van der Waals surface area contributed by atoms with Crippen molar-refractivity contribution in [3.8, 4) is 5.75 Å². The van der Waals surface area contributed by atoms with E-state index in [4.69, 9.17) is 9.47 Å². The Morgan fingerprint density at radius 3 is 2.24 bits per heavy atom. The van der Waals surface area contributed by atoms with Crippen LogP contribution in [-0.2, 0) is 17.8 Å². The molecule has 0 aromatic heterocycles. The molecular formula is C24H29F3O2. The standard InChI is InChI=1S/C24H29F3O2/c1-3-5-17-6-7-18(24(27)23(17)26)15-29-19-10-8-16(9-11-19)21-13-12-20(28-4-2)14-22(21)25/h6-7,12-14,16,19H,3-5,8-11,15H2,1-2H3. The molecule has 0 bridgehead atoms. The lowest BCUT2D eigenvalue weighted by Gasteiger charge is -2.29. The predicted molar refractivity (Wildman–Crippen MR) is 108 cm³/mol. The molecule has 1 saturated carbocycles. The van der Waals surface area contributed by atoms with Crippen LogP contribution in [0, 0.1) is 17.5 Å². The zero-order chi connectivity index (χ0) is 20.8. The molecule has 29 heavy (non-hydrogen) atoms. The summed E-state index contributed by atoms with van der Waals surface area (Å²) in [6.45, 7) is 4.37. The highest BCUT2D eigenvalue weighted by Gasteiger charge is 2.25. The first-order valence-electron chi connectivity index (χ1n) is 10.5. The molecular weight excluding hydrogens is 377 g/mol. The Morgan fingerprint density at radius 1 is 0.897 bits per heavy atom. The van der Waals surface area contributed by atoms with E-state index in [0.717, 1.165) is 32.1 Å². The van der Waals surface area contributed by atoms with Crippen molar-refractivity contribution in [3.63, 3.8) is 0 Å².